The maximum atomic E-state index is 13.2. The molecule has 1 aromatic rings. The molecule has 2 aliphatic rings. The summed E-state index contributed by atoms with van der Waals surface area (Å²) in [6.45, 7) is 1.29. The van der Waals surface area contributed by atoms with Crippen LogP contribution in [0.3, 0.4) is 0 Å². The van der Waals surface area contributed by atoms with E-state index in [0.717, 1.165) is 12.8 Å². The minimum atomic E-state index is -2.01. The van der Waals surface area contributed by atoms with E-state index < -0.39 is 17.4 Å². The summed E-state index contributed by atoms with van der Waals surface area (Å²) in [6, 6.07) is 5.89. The second-order valence-electron chi connectivity index (χ2n) is 7.53. The van der Waals surface area contributed by atoms with Crippen molar-refractivity contribution in [3.8, 4) is 0 Å². The summed E-state index contributed by atoms with van der Waals surface area (Å²) in [4.78, 5) is 27.0. The molecule has 0 spiro atoms. The van der Waals surface area contributed by atoms with Gasteiger partial charge in [0.25, 0.3) is 11.8 Å². The first-order valence-corrected chi connectivity index (χ1v) is 9.53. The molecule has 3 rings (SSSR count). The number of halogens is 1. The molecule has 0 bridgehead atoms. The molecule has 1 aliphatic carbocycles. The van der Waals surface area contributed by atoms with E-state index in [0.29, 0.717) is 31.0 Å². The van der Waals surface area contributed by atoms with Gasteiger partial charge in [-0.25, -0.2) is 4.39 Å². The molecule has 26 heavy (non-hydrogen) atoms. The van der Waals surface area contributed by atoms with Crippen LogP contribution in [0.1, 0.15) is 50.5 Å². The van der Waals surface area contributed by atoms with Gasteiger partial charge in [-0.3, -0.25) is 9.59 Å². The summed E-state index contributed by atoms with van der Waals surface area (Å²) in [6.07, 6.45) is 6.55. The van der Waals surface area contributed by atoms with Gasteiger partial charge in [0.2, 0.25) is 5.60 Å². The Hall–Kier alpha value is -1.95. The van der Waals surface area contributed by atoms with Crippen molar-refractivity contribution in [2.45, 2.75) is 57.1 Å². The Bertz CT molecular complexity index is 660. The lowest BCUT2D eigenvalue weighted by Crippen LogP contribution is -2.61. The fourth-order valence-electron chi connectivity index (χ4n) is 4.04. The Morgan fingerprint density at radius 1 is 1.27 bits per heavy atom. The van der Waals surface area contributed by atoms with Gasteiger partial charge >= 0.3 is 0 Å². The van der Waals surface area contributed by atoms with Crippen LogP contribution in [0.2, 0.25) is 0 Å². The lowest BCUT2D eigenvalue weighted by atomic mass is 9.86. The van der Waals surface area contributed by atoms with E-state index in [1.165, 1.54) is 31.4 Å². The predicted octanol–water partition coefficient (Wildman–Crippen LogP) is 2.38. The number of likely N-dealkylation sites (tertiary alicyclic amines) is 1. The van der Waals surface area contributed by atoms with Crippen molar-refractivity contribution >= 4 is 11.8 Å². The van der Waals surface area contributed by atoms with Gasteiger partial charge in [0.15, 0.2) is 0 Å². The highest BCUT2D eigenvalue weighted by Gasteiger charge is 2.48. The van der Waals surface area contributed by atoms with Crippen molar-refractivity contribution in [1.29, 1.82) is 0 Å². The number of aliphatic hydroxyl groups is 1. The average Bonchev–Trinajstić information content (AvgIpc) is 2.64. The normalized spacial score (nSPS) is 24.5. The first kappa shape index (κ1) is 18.8. The van der Waals surface area contributed by atoms with Crippen molar-refractivity contribution in [1.82, 2.24) is 10.2 Å². The summed E-state index contributed by atoms with van der Waals surface area (Å²) in [5.74, 6) is -1.11. The lowest BCUT2D eigenvalue weighted by Gasteiger charge is -2.39. The maximum Gasteiger partial charge on any atom is 0.264 e. The third kappa shape index (κ3) is 4.23. The second kappa shape index (κ2) is 8.16. The molecule has 1 heterocycles. The molecule has 1 saturated heterocycles. The number of benzene rings is 1. The molecule has 1 saturated carbocycles. The third-order valence-electron chi connectivity index (χ3n) is 5.53. The Kier molecular flexibility index (Phi) is 5.91. The molecular weight excluding hydrogens is 335 g/mol. The lowest BCUT2D eigenvalue weighted by molar-refractivity contribution is -0.166. The molecule has 0 radical (unpaired) electrons. The minimum absolute atomic E-state index is 0.0782. The van der Waals surface area contributed by atoms with Gasteiger partial charge in [-0.1, -0.05) is 31.4 Å². The van der Waals surface area contributed by atoms with Crippen LogP contribution in [0.5, 0.6) is 0 Å². The third-order valence-corrected chi connectivity index (χ3v) is 5.53. The summed E-state index contributed by atoms with van der Waals surface area (Å²) in [5.41, 5.74) is -1.43. The molecule has 2 N–H and O–H groups in total. The molecule has 142 valence electrons. The zero-order valence-corrected chi connectivity index (χ0v) is 15.0. The molecular formula is C20H27FN2O3. The molecule has 1 aliphatic heterocycles. The number of nitrogens with one attached hydrogen (secondary N) is 1. The molecule has 0 aromatic heterocycles. The summed E-state index contributed by atoms with van der Waals surface area (Å²) in [5, 5.41) is 13.4. The van der Waals surface area contributed by atoms with E-state index in [9.17, 15) is 19.1 Å². The first-order valence-electron chi connectivity index (χ1n) is 9.53. The fraction of sp³-hybridized carbons (Fsp3) is 0.600. The molecule has 0 unspecified atom stereocenters. The predicted molar refractivity (Wildman–Crippen MR) is 95.6 cm³/mol. The Morgan fingerprint density at radius 2 is 2.04 bits per heavy atom. The van der Waals surface area contributed by atoms with Gasteiger partial charge in [0.05, 0.1) is 0 Å². The Morgan fingerprint density at radius 3 is 2.77 bits per heavy atom. The number of hydrogen-bond donors (Lipinski definition) is 2. The zero-order chi connectivity index (χ0) is 18.6. The Balaban J connectivity index is 1.61. The van der Waals surface area contributed by atoms with Gasteiger partial charge in [-0.2, -0.15) is 0 Å². The largest absolute Gasteiger partial charge is 0.372 e. The standard InChI is InChI=1S/C20H27FN2O3/c21-17-9-4-8-16(12-17)13-22-18(24)20(26)10-5-11-23(19(20)25)14-15-6-2-1-3-7-15/h4,8-9,12,15,26H,1-3,5-7,10-11,13-14H2,(H,22,24)/t20-/m1/s1. The van der Waals surface area contributed by atoms with Crippen molar-refractivity contribution in [3.63, 3.8) is 0 Å². The van der Waals surface area contributed by atoms with Crippen molar-refractivity contribution in [2.75, 3.05) is 13.1 Å². The number of amides is 2. The average molecular weight is 362 g/mol. The molecule has 6 heteroatoms. The van der Waals surface area contributed by atoms with E-state index in [1.807, 2.05) is 0 Å². The topological polar surface area (TPSA) is 69.6 Å². The summed E-state index contributed by atoms with van der Waals surface area (Å²) < 4.78 is 13.2. The Labute approximate surface area is 153 Å². The van der Waals surface area contributed by atoms with Crippen molar-refractivity contribution < 1.29 is 19.1 Å². The van der Waals surface area contributed by atoms with Crippen LogP contribution in [0.15, 0.2) is 24.3 Å². The molecule has 2 fully saturated rings. The number of carbonyl (C=O) groups is 2. The van der Waals surface area contributed by atoms with Crippen molar-refractivity contribution in [2.24, 2.45) is 5.92 Å². The van der Waals surface area contributed by atoms with Crippen LogP contribution in [-0.2, 0) is 16.1 Å². The smallest absolute Gasteiger partial charge is 0.264 e. The van der Waals surface area contributed by atoms with Crippen molar-refractivity contribution in [3.05, 3.63) is 35.6 Å². The minimum Gasteiger partial charge on any atom is -0.372 e. The molecule has 1 atom stereocenters. The highest BCUT2D eigenvalue weighted by atomic mass is 19.1. The van der Waals surface area contributed by atoms with E-state index in [2.05, 4.69) is 5.32 Å². The first-order chi connectivity index (χ1) is 12.5. The zero-order valence-electron chi connectivity index (χ0n) is 15.0. The van der Waals surface area contributed by atoms with Crippen LogP contribution in [-0.4, -0.2) is 40.5 Å². The number of hydrogen-bond acceptors (Lipinski definition) is 3. The van der Waals surface area contributed by atoms with Gasteiger partial charge in [-0.15, -0.1) is 0 Å². The van der Waals surface area contributed by atoms with E-state index in [-0.39, 0.29) is 18.8 Å². The number of nitrogens with zero attached hydrogens (tertiary/aromatic N) is 1. The van der Waals surface area contributed by atoms with E-state index in [1.54, 1.807) is 17.0 Å². The molecule has 2 amide bonds. The SMILES string of the molecule is O=C(NCc1cccc(F)c1)[C@]1(O)CCCN(CC2CCCCC2)C1=O. The number of carbonyl (C=O) groups excluding carboxylic acids is 2. The number of rotatable bonds is 5. The maximum absolute atomic E-state index is 13.2. The summed E-state index contributed by atoms with van der Waals surface area (Å²) >= 11 is 0. The summed E-state index contributed by atoms with van der Waals surface area (Å²) in [7, 11) is 0. The van der Waals surface area contributed by atoms with Gasteiger partial charge < -0.3 is 15.3 Å². The van der Waals surface area contributed by atoms with Gasteiger partial charge in [0.1, 0.15) is 5.82 Å². The van der Waals surface area contributed by atoms with E-state index >= 15 is 0 Å². The highest BCUT2D eigenvalue weighted by molar-refractivity contribution is 6.08. The van der Waals surface area contributed by atoms with Crippen LogP contribution in [0, 0.1) is 11.7 Å². The fourth-order valence-corrected chi connectivity index (χ4v) is 4.04. The molecule has 5 nitrogen and oxygen atoms in total. The quantitative estimate of drug-likeness (QED) is 0.790. The highest BCUT2D eigenvalue weighted by Crippen LogP contribution is 2.28. The van der Waals surface area contributed by atoms with Gasteiger partial charge in [-0.05, 0) is 49.3 Å². The van der Waals surface area contributed by atoms with E-state index in [4.69, 9.17) is 0 Å². The second-order valence-corrected chi connectivity index (χ2v) is 7.53. The van der Waals surface area contributed by atoms with Crippen LogP contribution in [0.25, 0.3) is 0 Å². The van der Waals surface area contributed by atoms with Crippen LogP contribution in [0.4, 0.5) is 4.39 Å². The van der Waals surface area contributed by atoms with Crippen LogP contribution >= 0.6 is 0 Å². The number of piperidine rings is 1. The van der Waals surface area contributed by atoms with Crippen LogP contribution < -0.4 is 5.32 Å². The monoisotopic (exact) mass is 362 g/mol. The van der Waals surface area contributed by atoms with Gasteiger partial charge in [0, 0.05) is 19.6 Å². The molecule has 1 aromatic carbocycles.